The molecule has 2 rings (SSSR count). The van der Waals surface area contributed by atoms with Crippen LogP contribution in [0.1, 0.15) is 58.8 Å². The van der Waals surface area contributed by atoms with Gasteiger partial charge in [0.15, 0.2) is 0 Å². The van der Waals surface area contributed by atoms with Gasteiger partial charge in [-0.15, -0.1) is 0 Å². The summed E-state index contributed by atoms with van der Waals surface area (Å²) < 4.78 is 5.55. The van der Waals surface area contributed by atoms with E-state index in [1.54, 1.807) is 19.0 Å². The lowest BCUT2D eigenvalue weighted by molar-refractivity contribution is -0.148. The molecule has 0 spiro atoms. The molecule has 0 bridgehead atoms. The molecule has 2 fully saturated rings. The Morgan fingerprint density at radius 1 is 1.24 bits per heavy atom. The molecule has 2 aliphatic rings. The molecule has 5 atom stereocenters. The second-order valence-corrected chi connectivity index (χ2v) is 9.96. The summed E-state index contributed by atoms with van der Waals surface area (Å²) in [5, 5.41) is 10.3. The van der Waals surface area contributed by atoms with Crippen molar-refractivity contribution in [3.8, 4) is 0 Å². The highest BCUT2D eigenvalue weighted by Gasteiger charge is 2.38. The molecular weight excluding hydrogens is 422 g/mol. The molecule has 1 aliphatic carbocycles. The summed E-state index contributed by atoms with van der Waals surface area (Å²) in [5.41, 5.74) is 8.08. The Morgan fingerprint density at radius 2 is 2.00 bits per heavy atom. The second-order valence-electron chi connectivity index (χ2n) is 9.96. The highest BCUT2D eigenvalue weighted by atomic mass is 16.5. The van der Waals surface area contributed by atoms with Gasteiger partial charge in [-0.05, 0) is 69.4 Å². The molecular formula is C23H45N7O3. The van der Waals surface area contributed by atoms with Crippen molar-refractivity contribution in [2.45, 2.75) is 70.9 Å². The number of nitrogens with zero attached hydrogens (tertiary/aromatic N) is 2. The Labute approximate surface area is 198 Å². The third kappa shape index (κ3) is 8.42. The van der Waals surface area contributed by atoms with Crippen molar-refractivity contribution in [3.63, 3.8) is 0 Å². The molecule has 1 saturated carbocycles. The van der Waals surface area contributed by atoms with Crippen molar-refractivity contribution in [2.24, 2.45) is 40.3 Å². The highest BCUT2D eigenvalue weighted by Crippen LogP contribution is 2.40. The second kappa shape index (κ2) is 13.7. The molecule has 5 unspecified atom stereocenters. The first-order valence-corrected chi connectivity index (χ1v) is 12.4. The molecule has 10 nitrogen and oxygen atoms in total. The third-order valence-corrected chi connectivity index (χ3v) is 7.22. The molecule has 33 heavy (non-hydrogen) atoms. The van der Waals surface area contributed by atoms with E-state index in [4.69, 9.17) is 16.3 Å². The Balaban J connectivity index is 1.71. The number of nitrogens with one attached hydrogen (secondary N) is 3. The van der Waals surface area contributed by atoms with Crippen LogP contribution in [0.3, 0.4) is 0 Å². The summed E-state index contributed by atoms with van der Waals surface area (Å²) in [6, 6.07) is -0.440. The molecule has 1 heterocycles. The van der Waals surface area contributed by atoms with Crippen LogP contribution in [0.2, 0.25) is 0 Å². The number of likely N-dealkylation sites (N-methyl/N-ethyl adjacent to an activating group) is 2. The van der Waals surface area contributed by atoms with Crippen LogP contribution in [-0.4, -0.2) is 68.5 Å². The largest absolute Gasteiger partial charge is 0.464 e. The van der Waals surface area contributed by atoms with Gasteiger partial charge in [0.2, 0.25) is 5.91 Å². The number of carbonyl (C=O) groups excluding carboxylic acids is 2. The zero-order chi connectivity index (χ0) is 24.4. The van der Waals surface area contributed by atoms with Gasteiger partial charge in [-0.25, -0.2) is 11.4 Å². The Bertz CT molecular complexity index is 658. The number of fused-ring (bicyclic) bond motifs is 1. The lowest BCUT2D eigenvalue weighted by Gasteiger charge is -2.42. The summed E-state index contributed by atoms with van der Waals surface area (Å²) in [6.45, 7) is 5.80. The minimum atomic E-state index is -0.243. The Kier molecular flexibility index (Phi) is 11.4. The SMILES string of the molecule is CNC(C(=O)N(C)CCCOC(=O)C1CC2CC(CC/C(N)=N/NN)CCC2CN1)C(C)C. The van der Waals surface area contributed by atoms with E-state index < -0.39 is 0 Å². The Hall–Kier alpha value is -1.91. The molecule has 0 aromatic carbocycles. The first-order valence-electron chi connectivity index (χ1n) is 12.4. The third-order valence-electron chi connectivity index (χ3n) is 7.22. The van der Waals surface area contributed by atoms with E-state index in [9.17, 15) is 9.59 Å². The van der Waals surface area contributed by atoms with E-state index in [2.05, 4.69) is 21.3 Å². The number of esters is 1. The summed E-state index contributed by atoms with van der Waals surface area (Å²) in [6.07, 6.45) is 6.68. The van der Waals surface area contributed by atoms with Crippen molar-refractivity contribution in [1.82, 2.24) is 21.1 Å². The number of hydrogen-bond donors (Lipinski definition) is 5. The fourth-order valence-electron chi connectivity index (χ4n) is 5.26. The molecule has 1 saturated heterocycles. The molecule has 10 heteroatoms. The average molecular weight is 468 g/mol. The van der Waals surface area contributed by atoms with Gasteiger partial charge < -0.3 is 26.0 Å². The smallest absolute Gasteiger partial charge is 0.323 e. The molecule has 0 aromatic heterocycles. The molecule has 7 N–H and O–H groups in total. The highest BCUT2D eigenvalue weighted by molar-refractivity contribution is 5.82. The number of nitrogens with two attached hydrogens (primary N) is 2. The van der Waals surface area contributed by atoms with E-state index in [0.29, 0.717) is 43.2 Å². The van der Waals surface area contributed by atoms with Crippen LogP contribution in [-0.2, 0) is 14.3 Å². The van der Waals surface area contributed by atoms with E-state index in [1.807, 2.05) is 13.8 Å². The summed E-state index contributed by atoms with van der Waals surface area (Å²) in [4.78, 5) is 26.8. The van der Waals surface area contributed by atoms with Gasteiger partial charge in [0.1, 0.15) is 11.9 Å². The van der Waals surface area contributed by atoms with Crippen LogP contribution in [0, 0.1) is 23.7 Å². The minimum Gasteiger partial charge on any atom is -0.464 e. The lowest BCUT2D eigenvalue weighted by Crippen LogP contribution is -2.50. The fraction of sp³-hybridized carbons (Fsp3) is 0.870. The predicted molar refractivity (Wildman–Crippen MR) is 130 cm³/mol. The molecule has 0 radical (unpaired) electrons. The maximum absolute atomic E-state index is 12.6. The summed E-state index contributed by atoms with van der Waals surface area (Å²) >= 11 is 0. The van der Waals surface area contributed by atoms with Crippen molar-refractivity contribution in [2.75, 3.05) is 33.8 Å². The molecule has 0 aromatic rings. The number of amides is 1. The Morgan fingerprint density at radius 3 is 2.67 bits per heavy atom. The van der Waals surface area contributed by atoms with Crippen LogP contribution in [0.5, 0.6) is 0 Å². The number of amidine groups is 1. The topological polar surface area (TPSA) is 147 Å². The van der Waals surface area contributed by atoms with Gasteiger partial charge in [0.05, 0.1) is 12.6 Å². The van der Waals surface area contributed by atoms with Crippen molar-refractivity contribution >= 4 is 17.7 Å². The first kappa shape index (κ1) is 27.3. The minimum absolute atomic E-state index is 0.0676. The number of hydrazine groups is 1. The van der Waals surface area contributed by atoms with Crippen LogP contribution in [0.4, 0.5) is 0 Å². The van der Waals surface area contributed by atoms with Crippen molar-refractivity contribution in [3.05, 3.63) is 0 Å². The maximum atomic E-state index is 12.6. The van der Waals surface area contributed by atoms with Gasteiger partial charge in [-0.2, -0.15) is 5.10 Å². The van der Waals surface area contributed by atoms with Crippen molar-refractivity contribution in [1.29, 1.82) is 0 Å². The number of rotatable bonds is 12. The van der Waals surface area contributed by atoms with Gasteiger partial charge in [-0.1, -0.05) is 20.3 Å². The number of hydrogen-bond acceptors (Lipinski definition) is 8. The summed E-state index contributed by atoms with van der Waals surface area (Å²) in [5.74, 6) is 7.59. The maximum Gasteiger partial charge on any atom is 0.323 e. The normalized spacial score (nSPS) is 26.4. The van der Waals surface area contributed by atoms with Gasteiger partial charge in [0, 0.05) is 20.0 Å². The van der Waals surface area contributed by atoms with Crippen LogP contribution in [0.15, 0.2) is 5.10 Å². The van der Waals surface area contributed by atoms with E-state index in [-0.39, 0.29) is 29.9 Å². The molecule has 190 valence electrons. The number of hydrazone groups is 1. The lowest BCUT2D eigenvalue weighted by atomic mass is 9.69. The van der Waals surface area contributed by atoms with Crippen LogP contribution >= 0.6 is 0 Å². The summed E-state index contributed by atoms with van der Waals surface area (Å²) in [7, 11) is 3.60. The first-order chi connectivity index (χ1) is 15.8. The standard InChI is InChI=1S/C23H45N7O3/c1-15(2)21(26-3)22(31)30(4)10-5-11-33-23(32)19-13-18-12-16(6-8-17(18)14-27-19)7-9-20(24)28-29-25/h15-19,21,26-27,29H,5-14,25H2,1-4H3,(H2,24,28). The monoisotopic (exact) mass is 467 g/mol. The van der Waals surface area contributed by atoms with E-state index in [0.717, 1.165) is 32.2 Å². The number of ether oxygens (including phenoxy) is 1. The average Bonchev–Trinajstić information content (AvgIpc) is 2.80. The zero-order valence-corrected chi connectivity index (χ0v) is 20.8. The van der Waals surface area contributed by atoms with E-state index >= 15 is 0 Å². The predicted octanol–water partition coefficient (Wildman–Crippen LogP) is 0.532. The van der Waals surface area contributed by atoms with Gasteiger partial charge >= 0.3 is 5.97 Å². The molecule has 1 aliphatic heterocycles. The van der Waals surface area contributed by atoms with Crippen LogP contribution < -0.4 is 27.7 Å². The van der Waals surface area contributed by atoms with Crippen molar-refractivity contribution < 1.29 is 14.3 Å². The number of piperidine rings is 1. The number of carbonyl (C=O) groups is 2. The quantitative estimate of drug-likeness (QED) is 0.0697. The van der Waals surface area contributed by atoms with Gasteiger partial charge in [0.25, 0.3) is 0 Å². The fourth-order valence-corrected chi connectivity index (χ4v) is 5.26. The van der Waals surface area contributed by atoms with E-state index in [1.165, 1.54) is 12.8 Å². The zero-order valence-electron chi connectivity index (χ0n) is 20.8. The van der Waals surface area contributed by atoms with Crippen LogP contribution in [0.25, 0.3) is 0 Å². The molecule has 1 amide bonds. The van der Waals surface area contributed by atoms with Gasteiger partial charge in [-0.3, -0.25) is 9.59 Å².